The molecule has 0 bridgehead atoms. The van der Waals surface area contributed by atoms with E-state index < -0.39 is 47.9 Å². The fourth-order valence-corrected chi connectivity index (χ4v) is 3.89. The molecule has 12 N–H and O–H groups in total. The quantitative estimate of drug-likeness (QED) is 0.0517. The van der Waals surface area contributed by atoms with Gasteiger partial charge in [-0.3, -0.25) is 19.4 Å². The molecule has 5 atom stereocenters. The summed E-state index contributed by atoms with van der Waals surface area (Å²) >= 11 is 1.55. The number of aliphatic carboxylic acids is 1. The summed E-state index contributed by atoms with van der Waals surface area (Å²) in [4.78, 5) is 54.5. The molecule has 37 heavy (non-hydrogen) atoms. The summed E-state index contributed by atoms with van der Waals surface area (Å²) in [5.41, 5.74) is 22.2. The van der Waals surface area contributed by atoms with E-state index in [4.69, 9.17) is 22.9 Å². The van der Waals surface area contributed by atoms with Crippen molar-refractivity contribution in [2.45, 2.75) is 83.0 Å². The molecule has 14 heteroatoms. The fourth-order valence-electron chi connectivity index (χ4n) is 3.40. The van der Waals surface area contributed by atoms with E-state index in [0.29, 0.717) is 44.4 Å². The van der Waals surface area contributed by atoms with E-state index in [0.717, 1.165) is 0 Å². The number of aliphatic imine (C=N–C) groups is 1. The van der Waals surface area contributed by atoms with Crippen LogP contribution in [0.2, 0.25) is 0 Å². The second kappa shape index (κ2) is 19.5. The molecule has 13 nitrogen and oxygen atoms in total. The summed E-state index contributed by atoms with van der Waals surface area (Å²) in [7, 11) is 0. The van der Waals surface area contributed by atoms with Crippen molar-refractivity contribution in [2.24, 2.45) is 33.8 Å². The third-order valence-electron chi connectivity index (χ3n) is 5.90. The van der Waals surface area contributed by atoms with Gasteiger partial charge in [0.15, 0.2) is 5.96 Å². The van der Waals surface area contributed by atoms with E-state index in [1.54, 1.807) is 18.7 Å². The molecular formula is C23H46N8O5S. The van der Waals surface area contributed by atoms with Crippen LogP contribution in [0.4, 0.5) is 0 Å². The van der Waals surface area contributed by atoms with Crippen LogP contribution >= 0.6 is 11.8 Å². The lowest BCUT2D eigenvalue weighted by atomic mass is 9.98. The number of amides is 3. The molecule has 0 aliphatic rings. The first-order valence-corrected chi connectivity index (χ1v) is 14.0. The molecule has 0 aromatic heterocycles. The van der Waals surface area contributed by atoms with Crippen LogP contribution < -0.4 is 38.9 Å². The topological polar surface area (TPSA) is 241 Å². The second-order valence-corrected chi connectivity index (χ2v) is 9.94. The number of nitrogens with zero attached hydrogens (tertiary/aromatic N) is 1. The monoisotopic (exact) mass is 546 g/mol. The Labute approximate surface area is 223 Å². The zero-order valence-corrected chi connectivity index (χ0v) is 23.0. The maximum atomic E-state index is 13.2. The first-order chi connectivity index (χ1) is 17.5. The van der Waals surface area contributed by atoms with Crippen LogP contribution in [0.3, 0.4) is 0 Å². The molecule has 0 radical (unpaired) electrons. The van der Waals surface area contributed by atoms with Crippen LogP contribution in [-0.4, -0.2) is 84.0 Å². The van der Waals surface area contributed by atoms with Gasteiger partial charge in [-0.1, -0.05) is 20.3 Å². The Kier molecular flexibility index (Phi) is 18.2. The number of thioether (sulfide) groups is 1. The molecule has 0 heterocycles. The predicted molar refractivity (Wildman–Crippen MR) is 147 cm³/mol. The lowest BCUT2D eigenvalue weighted by molar-refractivity contribution is -0.144. The first kappa shape index (κ1) is 34.4. The van der Waals surface area contributed by atoms with Gasteiger partial charge in [-0.2, -0.15) is 11.8 Å². The van der Waals surface area contributed by atoms with Crippen molar-refractivity contribution in [1.29, 1.82) is 0 Å². The SMILES string of the molecule is CC[C@H](C)[C@H](NC(=O)[C@H](CCCCN)NC(=O)[C@H](CCCN=C(N)N)NC(=O)[C@@H](N)CCSC)C(=O)O. The Morgan fingerprint density at radius 2 is 1.49 bits per heavy atom. The van der Waals surface area contributed by atoms with Crippen molar-refractivity contribution in [3.8, 4) is 0 Å². The van der Waals surface area contributed by atoms with Crippen molar-refractivity contribution >= 4 is 41.4 Å². The molecule has 0 rings (SSSR count). The number of guanidine groups is 1. The number of rotatable bonds is 20. The summed E-state index contributed by atoms with van der Waals surface area (Å²) in [5.74, 6) is -2.55. The van der Waals surface area contributed by atoms with E-state index >= 15 is 0 Å². The first-order valence-electron chi connectivity index (χ1n) is 12.6. The fraction of sp³-hybridized carbons (Fsp3) is 0.783. The van der Waals surface area contributed by atoms with Crippen LogP contribution in [-0.2, 0) is 19.2 Å². The van der Waals surface area contributed by atoms with Gasteiger partial charge < -0.3 is 44.0 Å². The minimum absolute atomic E-state index is 0.0879. The number of hydrogen-bond acceptors (Lipinski definition) is 8. The maximum Gasteiger partial charge on any atom is 0.326 e. The van der Waals surface area contributed by atoms with E-state index in [2.05, 4.69) is 20.9 Å². The van der Waals surface area contributed by atoms with Crippen LogP contribution in [0.5, 0.6) is 0 Å². The van der Waals surface area contributed by atoms with E-state index in [1.165, 1.54) is 0 Å². The Hall–Kier alpha value is -2.58. The average Bonchev–Trinajstić information content (AvgIpc) is 2.85. The number of hydrogen-bond donors (Lipinski definition) is 8. The minimum Gasteiger partial charge on any atom is -0.480 e. The smallest absolute Gasteiger partial charge is 0.326 e. The predicted octanol–water partition coefficient (Wildman–Crippen LogP) is -1.17. The molecule has 0 aromatic rings. The number of carbonyl (C=O) groups is 4. The largest absolute Gasteiger partial charge is 0.480 e. The standard InChI is InChI=1S/C23H46N8O5S/c1-4-14(2)18(22(35)36)31-21(34)16(8-5-6-11-24)30-20(33)17(9-7-12-28-23(26)27)29-19(32)15(25)10-13-37-3/h14-18H,4-13,24-25H2,1-3H3,(H,29,32)(H,30,33)(H,31,34)(H,35,36)(H4,26,27,28)/t14-,15-,16-,17-,18-/m0/s1. The van der Waals surface area contributed by atoms with E-state index in [1.807, 2.05) is 13.2 Å². The average molecular weight is 547 g/mol. The number of carboxylic acid groups (broad SMARTS) is 1. The summed E-state index contributed by atoms with van der Waals surface area (Å²) in [5, 5.41) is 17.5. The Balaban J connectivity index is 5.63. The lowest BCUT2D eigenvalue weighted by Crippen LogP contribution is -2.57. The highest BCUT2D eigenvalue weighted by Gasteiger charge is 2.31. The van der Waals surface area contributed by atoms with Crippen LogP contribution in [0.25, 0.3) is 0 Å². The molecule has 0 aliphatic heterocycles. The third kappa shape index (κ3) is 14.7. The number of carbonyl (C=O) groups excluding carboxylic acids is 3. The van der Waals surface area contributed by atoms with Gasteiger partial charge in [-0.05, 0) is 63.0 Å². The molecule has 3 amide bonds. The molecule has 214 valence electrons. The van der Waals surface area contributed by atoms with Gasteiger partial charge in [0.25, 0.3) is 0 Å². The Morgan fingerprint density at radius 1 is 0.919 bits per heavy atom. The minimum atomic E-state index is -1.15. The lowest BCUT2D eigenvalue weighted by Gasteiger charge is -2.26. The van der Waals surface area contributed by atoms with Crippen molar-refractivity contribution in [1.82, 2.24) is 16.0 Å². The molecule has 0 aliphatic carbocycles. The van der Waals surface area contributed by atoms with Crippen LogP contribution in [0.1, 0.15) is 58.8 Å². The summed E-state index contributed by atoms with van der Waals surface area (Å²) in [6, 6.07) is -3.89. The zero-order chi connectivity index (χ0) is 28.4. The molecular weight excluding hydrogens is 500 g/mol. The van der Waals surface area contributed by atoms with Gasteiger partial charge in [0, 0.05) is 6.54 Å². The van der Waals surface area contributed by atoms with Gasteiger partial charge in [0.2, 0.25) is 17.7 Å². The van der Waals surface area contributed by atoms with Crippen molar-refractivity contribution in [3.63, 3.8) is 0 Å². The van der Waals surface area contributed by atoms with Gasteiger partial charge in [0.1, 0.15) is 18.1 Å². The van der Waals surface area contributed by atoms with Crippen LogP contribution in [0, 0.1) is 5.92 Å². The van der Waals surface area contributed by atoms with Gasteiger partial charge in [0.05, 0.1) is 6.04 Å². The summed E-state index contributed by atoms with van der Waals surface area (Å²) in [6.45, 7) is 4.21. The van der Waals surface area contributed by atoms with Crippen LogP contribution in [0.15, 0.2) is 4.99 Å². The summed E-state index contributed by atoms with van der Waals surface area (Å²) < 4.78 is 0. The maximum absolute atomic E-state index is 13.2. The number of carboxylic acids is 1. The molecule has 0 saturated heterocycles. The van der Waals surface area contributed by atoms with Crippen molar-refractivity contribution in [3.05, 3.63) is 0 Å². The summed E-state index contributed by atoms with van der Waals surface area (Å²) in [6.07, 6.45) is 4.88. The molecule has 0 unspecified atom stereocenters. The van der Waals surface area contributed by atoms with Gasteiger partial charge >= 0.3 is 5.97 Å². The highest BCUT2D eigenvalue weighted by atomic mass is 32.2. The number of unbranched alkanes of at least 4 members (excludes halogenated alkanes) is 1. The highest BCUT2D eigenvalue weighted by Crippen LogP contribution is 2.10. The molecule has 0 fully saturated rings. The van der Waals surface area contributed by atoms with Gasteiger partial charge in [-0.25, -0.2) is 4.79 Å². The molecule has 0 spiro atoms. The number of nitrogens with two attached hydrogens (primary N) is 4. The highest BCUT2D eigenvalue weighted by molar-refractivity contribution is 7.98. The third-order valence-corrected chi connectivity index (χ3v) is 6.55. The molecule has 0 aromatic carbocycles. The number of nitrogens with one attached hydrogen (secondary N) is 3. The normalized spacial score (nSPS) is 14.9. The van der Waals surface area contributed by atoms with Gasteiger partial charge in [-0.15, -0.1) is 0 Å². The van der Waals surface area contributed by atoms with E-state index in [-0.39, 0.29) is 31.3 Å². The zero-order valence-electron chi connectivity index (χ0n) is 22.2. The Bertz CT molecular complexity index is 751. The Morgan fingerprint density at radius 3 is 2.00 bits per heavy atom. The molecule has 0 saturated carbocycles. The second-order valence-electron chi connectivity index (χ2n) is 8.95. The van der Waals surface area contributed by atoms with Crippen molar-refractivity contribution < 1.29 is 24.3 Å². The van der Waals surface area contributed by atoms with Crippen molar-refractivity contribution in [2.75, 3.05) is 25.1 Å². The van der Waals surface area contributed by atoms with E-state index in [9.17, 15) is 24.3 Å².